The van der Waals surface area contributed by atoms with Gasteiger partial charge in [0.05, 0.1) is 0 Å². The lowest BCUT2D eigenvalue weighted by molar-refractivity contribution is 0.0420. The van der Waals surface area contributed by atoms with Crippen molar-refractivity contribution in [2.75, 3.05) is 0 Å². The number of ether oxygens (including phenoxy) is 1. The molecule has 0 amide bonds. The number of phenols is 1. The van der Waals surface area contributed by atoms with Gasteiger partial charge >= 0.3 is 0 Å². The smallest absolute Gasteiger partial charge is 0.115 e. The van der Waals surface area contributed by atoms with E-state index in [1.54, 1.807) is 12.1 Å². The summed E-state index contributed by atoms with van der Waals surface area (Å²) in [5.41, 5.74) is 2.58. The average molecular weight is 298 g/mol. The Bertz CT molecular complexity index is 627. The molecule has 0 aliphatic heterocycles. The molecule has 0 bridgehead atoms. The number of hydrogen-bond donors (Lipinski definition) is 1. The van der Waals surface area contributed by atoms with Crippen LogP contribution in [0.15, 0.2) is 47.7 Å². The zero-order valence-corrected chi connectivity index (χ0v) is 14.2. The first-order chi connectivity index (χ1) is 10.2. The van der Waals surface area contributed by atoms with Gasteiger partial charge in [-0.2, -0.15) is 0 Å². The summed E-state index contributed by atoms with van der Waals surface area (Å²) in [6.45, 7) is 10.8. The summed E-state index contributed by atoms with van der Waals surface area (Å²) in [4.78, 5) is 0. The zero-order chi connectivity index (χ0) is 16.1. The van der Waals surface area contributed by atoms with Crippen LogP contribution in [-0.4, -0.2) is 10.7 Å². The molecule has 1 aromatic rings. The Morgan fingerprint density at radius 2 is 1.59 bits per heavy atom. The molecule has 0 heterocycles. The first kappa shape index (κ1) is 15.2. The first-order valence-corrected chi connectivity index (χ1v) is 8.09. The van der Waals surface area contributed by atoms with Crippen LogP contribution >= 0.6 is 0 Å². The summed E-state index contributed by atoms with van der Waals surface area (Å²) in [5, 5.41) is 9.50. The van der Waals surface area contributed by atoms with Crippen molar-refractivity contribution < 1.29 is 9.84 Å². The number of aromatic hydroxyl groups is 1. The summed E-state index contributed by atoms with van der Waals surface area (Å²) in [5.74, 6) is 2.62. The Morgan fingerprint density at radius 1 is 0.955 bits per heavy atom. The highest BCUT2D eigenvalue weighted by molar-refractivity contribution is 5.45. The Kier molecular flexibility index (Phi) is 3.39. The van der Waals surface area contributed by atoms with Crippen molar-refractivity contribution in [2.24, 2.45) is 11.8 Å². The van der Waals surface area contributed by atoms with Gasteiger partial charge in [-0.05, 0) is 56.9 Å². The van der Waals surface area contributed by atoms with E-state index in [9.17, 15) is 5.11 Å². The largest absolute Gasteiger partial charge is 0.508 e. The van der Waals surface area contributed by atoms with Crippen LogP contribution in [0.5, 0.6) is 5.75 Å². The van der Waals surface area contributed by atoms with Crippen molar-refractivity contribution >= 4 is 0 Å². The highest BCUT2D eigenvalue weighted by atomic mass is 16.5. The van der Waals surface area contributed by atoms with Gasteiger partial charge in [0.15, 0.2) is 0 Å². The van der Waals surface area contributed by atoms with Crippen LogP contribution < -0.4 is 0 Å². The maximum Gasteiger partial charge on any atom is 0.115 e. The van der Waals surface area contributed by atoms with Crippen LogP contribution in [0.25, 0.3) is 0 Å². The summed E-state index contributed by atoms with van der Waals surface area (Å²) >= 11 is 0. The van der Waals surface area contributed by atoms with Gasteiger partial charge in [0.2, 0.25) is 0 Å². The maximum atomic E-state index is 9.50. The lowest BCUT2D eigenvalue weighted by atomic mass is 9.74. The third-order valence-electron chi connectivity index (χ3n) is 4.72. The van der Waals surface area contributed by atoms with Crippen molar-refractivity contribution in [3.8, 4) is 5.75 Å². The molecule has 0 saturated heterocycles. The number of rotatable bonds is 3. The second-order valence-electron chi connectivity index (χ2n) is 8.03. The molecule has 0 spiro atoms. The summed E-state index contributed by atoms with van der Waals surface area (Å²) in [7, 11) is 0. The highest BCUT2D eigenvalue weighted by Gasteiger charge is 2.49. The SMILES string of the molecule is CC(C)(C)OC1=CC=C(C(C)(C)c2ccc(O)cc2)C2CC12. The minimum absolute atomic E-state index is 0.0170. The normalized spacial score (nSPS) is 24.2. The van der Waals surface area contributed by atoms with Crippen LogP contribution in [0, 0.1) is 11.8 Å². The van der Waals surface area contributed by atoms with Gasteiger partial charge in [-0.15, -0.1) is 0 Å². The van der Waals surface area contributed by atoms with E-state index in [1.807, 2.05) is 12.1 Å². The standard InChI is InChI=1S/C20H26O2/c1-19(2,3)22-18-11-10-17(15-12-16(15)18)20(4,5)13-6-8-14(21)9-7-13/h6-11,15-16,21H,12H2,1-5H3. The highest BCUT2D eigenvalue weighted by Crippen LogP contribution is 2.57. The number of allylic oxidation sites excluding steroid dienone is 4. The molecule has 1 saturated carbocycles. The Balaban J connectivity index is 1.88. The third-order valence-corrected chi connectivity index (χ3v) is 4.72. The molecule has 2 atom stereocenters. The van der Waals surface area contributed by atoms with Gasteiger partial charge in [-0.1, -0.05) is 37.6 Å². The number of hydrogen-bond acceptors (Lipinski definition) is 2. The van der Waals surface area contributed by atoms with Crippen LogP contribution in [0.4, 0.5) is 0 Å². The lowest BCUT2D eigenvalue weighted by Gasteiger charge is -2.32. The molecule has 3 rings (SSSR count). The van der Waals surface area contributed by atoms with Crippen LogP contribution in [0.1, 0.15) is 46.6 Å². The maximum absolute atomic E-state index is 9.50. The Morgan fingerprint density at radius 3 is 2.18 bits per heavy atom. The van der Waals surface area contributed by atoms with E-state index < -0.39 is 0 Å². The van der Waals surface area contributed by atoms with Crippen molar-refractivity contribution in [3.63, 3.8) is 0 Å². The minimum Gasteiger partial charge on any atom is -0.508 e. The monoisotopic (exact) mass is 298 g/mol. The predicted octanol–water partition coefficient (Wildman–Crippen LogP) is 4.94. The Hall–Kier alpha value is -1.70. The number of phenolic OH excluding ortho intramolecular Hbond substituents is 1. The molecule has 2 heteroatoms. The molecule has 2 aliphatic rings. The van der Waals surface area contributed by atoms with E-state index in [0.717, 1.165) is 5.76 Å². The van der Waals surface area contributed by atoms with E-state index in [4.69, 9.17) is 4.74 Å². The molecular weight excluding hydrogens is 272 g/mol. The second kappa shape index (κ2) is 4.91. The molecule has 2 aliphatic carbocycles. The van der Waals surface area contributed by atoms with E-state index in [0.29, 0.717) is 17.6 Å². The van der Waals surface area contributed by atoms with E-state index in [2.05, 4.69) is 46.8 Å². The van der Waals surface area contributed by atoms with Gasteiger partial charge in [0.25, 0.3) is 0 Å². The summed E-state index contributed by atoms with van der Waals surface area (Å²) < 4.78 is 6.10. The van der Waals surface area contributed by atoms with Crippen molar-refractivity contribution in [1.29, 1.82) is 0 Å². The zero-order valence-electron chi connectivity index (χ0n) is 14.2. The lowest BCUT2D eigenvalue weighted by Crippen LogP contribution is -2.25. The van der Waals surface area contributed by atoms with Gasteiger partial charge in [0.1, 0.15) is 17.1 Å². The van der Waals surface area contributed by atoms with E-state index in [1.165, 1.54) is 17.6 Å². The van der Waals surface area contributed by atoms with Crippen molar-refractivity contribution in [3.05, 3.63) is 53.3 Å². The topological polar surface area (TPSA) is 29.5 Å². The van der Waals surface area contributed by atoms with Gasteiger partial charge in [0, 0.05) is 11.3 Å². The number of benzene rings is 1. The third kappa shape index (κ3) is 2.79. The van der Waals surface area contributed by atoms with Crippen LogP contribution in [0.2, 0.25) is 0 Å². The molecule has 1 N–H and O–H groups in total. The van der Waals surface area contributed by atoms with Crippen LogP contribution in [-0.2, 0) is 10.2 Å². The fraction of sp³-hybridized carbons (Fsp3) is 0.500. The quantitative estimate of drug-likeness (QED) is 0.856. The Labute approximate surface area is 133 Å². The summed E-state index contributed by atoms with van der Waals surface area (Å²) in [6.07, 6.45) is 5.61. The fourth-order valence-electron chi connectivity index (χ4n) is 3.45. The molecule has 22 heavy (non-hydrogen) atoms. The molecule has 0 aromatic heterocycles. The average Bonchev–Trinajstić information content (AvgIpc) is 3.18. The van der Waals surface area contributed by atoms with E-state index in [-0.39, 0.29) is 11.0 Å². The molecule has 2 unspecified atom stereocenters. The molecule has 2 nitrogen and oxygen atoms in total. The molecule has 1 fully saturated rings. The summed E-state index contributed by atoms with van der Waals surface area (Å²) in [6, 6.07) is 7.60. The van der Waals surface area contributed by atoms with Gasteiger partial charge in [-0.3, -0.25) is 0 Å². The van der Waals surface area contributed by atoms with Crippen molar-refractivity contribution in [1.82, 2.24) is 0 Å². The van der Waals surface area contributed by atoms with Crippen molar-refractivity contribution in [2.45, 2.75) is 52.1 Å². The molecule has 118 valence electrons. The van der Waals surface area contributed by atoms with Gasteiger partial charge < -0.3 is 9.84 Å². The molecular formula is C20H26O2. The fourth-order valence-corrected chi connectivity index (χ4v) is 3.45. The first-order valence-electron chi connectivity index (χ1n) is 8.09. The van der Waals surface area contributed by atoms with E-state index >= 15 is 0 Å². The number of fused-ring (bicyclic) bond motifs is 1. The molecule has 1 aromatic carbocycles. The molecule has 0 radical (unpaired) electrons. The minimum atomic E-state index is -0.128. The van der Waals surface area contributed by atoms with Gasteiger partial charge in [-0.25, -0.2) is 0 Å². The second-order valence-corrected chi connectivity index (χ2v) is 8.03. The van der Waals surface area contributed by atoms with Crippen LogP contribution in [0.3, 0.4) is 0 Å². The predicted molar refractivity (Wildman–Crippen MR) is 89.7 cm³/mol.